The van der Waals surface area contributed by atoms with Crippen molar-refractivity contribution in [1.82, 2.24) is 24.6 Å². The number of nitrogens with zero attached hydrogens (tertiary/aromatic N) is 5. The number of benzene rings is 2. The SMILES string of the molecule is C=C(C=O)CN1CCC[C@@H](n2nc(-c3ccc(Oc4ccccc4)cc3)c3c(N)ncnc32)C1. The normalized spacial score (nSPS) is 16.4. The number of para-hydroxylation sites is 1. The molecule has 2 aromatic carbocycles. The Balaban J connectivity index is 1.47. The van der Waals surface area contributed by atoms with Crippen molar-refractivity contribution in [2.75, 3.05) is 25.4 Å². The van der Waals surface area contributed by atoms with Gasteiger partial charge in [0.05, 0.1) is 11.4 Å². The smallest absolute Gasteiger partial charge is 0.164 e. The van der Waals surface area contributed by atoms with E-state index in [0.29, 0.717) is 23.6 Å². The van der Waals surface area contributed by atoms with Crippen molar-refractivity contribution in [3.8, 4) is 22.8 Å². The highest BCUT2D eigenvalue weighted by molar-refractivity contribution is 5.98. The molecule has 0 aliphatic carbocycles. The van der Waals surface area contributed by atoms with Gasteiger partial charge in [-0.1, -0.05) is 24.8 Å². The van der Waals surface area contributed by atoms with Crippen molar-refractivity contribution < 1.29 is 9.53 Å². The van der Waals surface area contributed by atoms with E-state index in [9.17, 15) is 4.79 Å². The first-order valence-electron chi connectivity index (χ1n) is 11.3. The average Bonchev–Trinajstić information content (AvgIpc) is 3.26. The Kier molecular flexibility index (Phi) is 6.05. The summed E-state index contributed by atoms with van der Waals surface area (Å²) in [4.78, 5) is 22.0. The molecule has 0 spiro atoms. The summed E-state index contributed by atoms with van der Waals surface area (Å²) < 4.78 is 7.89. The number of hydrogen-bond acceptors (Lipinski definition) is 7. The number of anilines is 1. The minimum atomic E-state index is 0.111. The highest BCUT2D eigenvalue weighted by Gasteiger charge is 2.26. The fraction of sp³-hybridized carbons (Fsp3) is 0.231. The third-order valence-electron chi connectivity index (χ3n) is 6.04. The molecular weight excluding hydrogens is 428 g/mol. The summed E-state index contributed by atoms with van der Waals surface area (Å²) in [7, 11) is 0. The summed E-state index contributed by atoms with van der Waals surface area (Å²) >= 11 is 0. The van der Waals surface area contributed by atoms with Crippen molar-refractivity contribution in [2.24, 2.45) is 0 Å². The first-order chi connectivity index (χ1) is 16.6. The summed E-state index contributed by atoms with van der Waals surface area (Å²) in [6.45, 7) is 6.07. The summed E-state index contributed by atoms with van der Waals surface area (Å²) in [5.74, 6) is 1.92. The van der Waals surface area contributed by atoms with Crippen LogP contribution in [0, 0.1) is 0 Å². The molecule has 172 valence electrons. The zero-order valence-corrected chi connectivity index (χ0v) is 18.8. The van der Waals surface area contributed by atoms with Gasteiger partial charge < -0.3 is 10.5 Å². The van der Waals surface area contributed by atoms with Crippen LogP contribution >= 0.6 is 0 Å². The second-order valence-electron chi connectivity index (χ2n) is 8.50. The van der Waals surface area contributed by atoms with E-state index in [1.165, 1.54) is 6.33 Å². The van der Waals surface area contributed by atoms with Gasteiger partial charge >= 0.3 is 0 Å². The number of rotatable bonds is 7. The number of fused-ring (bicyclic) bond motifs is 1. The molecule has 0 saturated carbocycles. The van der Waals surface area contributed by atoms with E-state index >= 15 is 0 Å². The zero-order chi connectivity index (χ0) is 23.5. The van der Waals surface area contributed by atoms with Crippen LogP contribution in [-0.4, -0.2) is 50.6 Å². The molecule has 5 rings (SSSR count). The summed E-state index contributed by atoms with van der Waals surface area (Å²) in [6.07, 6.45) is 4.27. The molecule has 2 aromatic heterocycles. The van der Waals surface area contributed by atoms with E-state index in [2.05, 4.69) is 21.4 Å². The molecule has 2 N–H and O–H groups in total. The largest absolute Gasteiger partial charge is 0.457 e. The molecular formula is C26H26N6O2. The molecule has 0 amide bonds. The van der Waals surface area contributed by atoms with Gasteiger partial charge in [-0.3, -0.25) is 9.69 Å². The topological polar surface area (TPSA) is 99.2 Å². The number of nitrogen functional groups attached to an aromatic ring is 1. The third kappa shape index (κ3) is 4.40. The summed E-state index contributed by atoms with van der Waals surface area (Å²) in [6, 6.07) is 17.5. The Morgan fingerprint density at radius 1 is 1.12 bits per heavy atom. The lowest BCUT2D eigenvalue weighted by molar-refractivity contribution is -0.105. The quantitative estimate of drug-likeness (QED) is 0.329. The Labute approximate surface area is 197 Å². The molecule has 1 saturated heterocycles. The monoisotopic (exact) mass is 454 g/mol. The van der Waals surface area contributed by atoms with E-state index in [0.717, 1.165) is 60.4 Å². The van der Waals surface area contributed by atoms with Crippen LogP contribution in [0.4, 0.5) is 5.82 Å². The fourth-order valence-corrected chi connectivity index (χ4v) is 4.46. The number of carbonyl (C=O) groups is 1. The van der Waals surface area contributed by atoms with Crippen LogP contribution in [0.15, 0.2) is 73.1 Å². The van der Waals surface area contributed by atoms with Gasteiger partial charge in [0.1, 0.15) is 35.6 Å². The van der Waals surface area contributed by atoms with Crippen molar-refractivity contribution >= 4 is 23.1 Å². The van der Waals surface area contributed by atoms with Gasteiger partial charge in [-0.2, -0.15) is 5.10 Å². The Bertz CT molecular complexity index is 1320. The van der Waals surface area contributed by atoms with Crippen LogP contribution in [0.2, 0.25) is 0 Å². The summed E-state index contributed by atoms with van der Waals surface area (Å²) in [5.41, 5.74) is 9.24. The second kappa shape index (κ2) is 9.44. The van der Waals surface area contributed by atoms with Gasteiger partial charge in [-0.05, 0) is 61.4 Å². The van der Waals surface area contributed by atoms with Crippen molar-refractivity contribution in [1.29, 1.82) is 0 Å². The molecule has 8 heteroatoms. The molecule has 4 aromatic rings. The maximum Gasteiger partial charge on any atom is 0.164 e. The van der Waals surface area contributed by atoms with Crippen molar-refractivity contribution in [3.05, 3.63) is 73.1 Å². The van der Waals surface area contributed by atoms with Gasteiger partial charge in [0.25, 0.3) is 0 Å². The Hall–Kier alpha value is -4.04. The van der Waals surface area contributed by atoms with Crippen LogP contribution in [0.1, 0.15) is 18.9 Å². The Morgan fingerprint density at radius 2 is 1.88 bits per heavy atom. The van der Waals surface area contributed by atoms with Gasteiger partial charge in [-0.15, -0.1) is 0 Å². The minimum Gasteiger partial charge on any atom is -0.457 e. The fourth-order valence-electron chi connectivity index (χ4n) is 4.46. The number of carbonyl (C=O) groups excluding carboxylic acids is 1. The molecule has 1 fully saturated rings. The number of aromatic nitrogens is 4. The van der Waals surface area contributed by atoms with E-state index in [1.54, 1.807) is 0 Å². The third-order valence-corrected chi connectivity index (χ3v) is 6.04. The van der Waals surface area contributed by atoms with Crippen LogP contribution in [-0.2, 0) is 4.79 Å². The lowest BCUT2D eigenvalue weighted by Gasteiger charge is -2.32. The number of nitrogens with two attached hydrogens (primary N) is 1. The van der Waals surface area contributed by atoms with Crippen LogP contribution in [0.25, 0.3) is 22.3 Å². The molecule has 0 bridgehead atoms. The molecule has 0 unspecified atom stereocenters. The maximum absolute atomic E-state index is 11.0. The zero-order valence-electron chi connectivity index (χ0n) is 18.8. The molecule has 8 nitrogen and oxygen atoms in total. The van der Waals surface area contributed by atoms with Crippen molar-refractivity contribution in [3.63, 3.8) is 0 Å². The van der Waals surface area contributed by atoms with Crippen LogP contribution < -0.4 is 10.5 Å². The number of aldehydes is 1. The van der Waals surface area contributed by atoms with Crippen LogP contribution in [0.3, 0.4) is 0 Å². The van der Waals surface area contributed by atoms with Crippen molar-refractivity contribution in [2.45, 2.75) is 18.9 Å². The lowest BCUT2D eigenvalue weighted by Crippen LogP contribution is -2.38. The van der Waals surface area contributed by atoms with E-state index in [1.807, 2.05) is 59.3 Å². The number of hydrogen-bond donors (Lipinski definition) is 1. The predicted molar refractivity (Wildman–Crippen MR) is 132 cm³/mol. The number of ether oxygens (including phenoxy) is 1. The first kappa shape index (κ1) is 21.8. The molecule has 1 aliphatic rings. The molecule has 1 aliphatic heterocycles. The number of piperidine rings is 1. The molecule has 1 atom stereocenters. The molecule has 34 heavy (non-hydrogen) atoms. The highest BCUT2D eigenvalue weighted by Crippen LogP contribution is 2.34. The highest BCUT2D eigenvalue weighted by atomic mass is 16.5. The van der Waals surface area contributed by atoms with Gasteiger partial charge in [0, 0.05) is 18.7 Å². The molecule has 0 radical (unpaired) electrons. The second-order valence-corrected chi connectivity index (χ2v) is 8.50. The molecule has 3 heterocycles. The van der Waals surface area contributed by atoms with Gasteiger partial charge in [0.2, 0.25) is 0 Å². The van der Waals surface area contributed by atoms with Gasteiger partial charge in [0.15, 0.2) is 5.65 Å². The average molecular weight is 455 g/mol. The standard InChI is InChI=1S/C26H26N6O2/c1-18(16-33)14-31-13-5-6-20(15-31)32-26-23(25(27)28-17-29-26)24(30-32)19-9-11-22(12-10-19)34-21-7-3-2-4-8-21/h2-4,7-12,16-17,20H,1,5-6,13-15H2,(H2,27,28,29)/t20-/m1/s1. The van der Waals surface area contributed by atoms with Crippen LogP contribution in [0.5, 0.6) is 11.5 Å². The van der Waals surface area contributed by atoms with E-state index in [4.69, 9.17) is 15.6 Å². The Morgan fingerprint density at radius 3 is 2.65 bits per heavy atom. The summed E-state index contributed by atoms with van der Waals surface area (Å²) in [5, 5.41) is 5.71. The maximum atomic E-state index is 11.0. The first-order valence-corrected chi connectivity index (χ1v) is 11.3. The number of likely N-dealkylation sites (tertiary alicyclic amines) is 1. The van der Waals surface area contributed by atoms with E-state index < -0.39 is 0 Å². The minimum absolute atomic E-state index is 0.111. The van der Waals surface area contributed by atoms with E-state index in [-0.39, 0.29) is 6.04 Å². The van der Waals surface area contributed by atoms with Gasteiger partial charge in [-0.25, -0.2) is 14.6 Å². The predicted octanol–water partition coefficient (Wildman–Crippen LogP) is 4.26. The lowest BCUT2D eigenvalue weighted by atomic mass is 10.1.